The Morgan fingerprint density at radius 2 is 1.79 bits per heavy atom. The number of pyridine rings is 1. The maximum absolute atomic E-state index is 5.39. The smallest absolute Gasteiger partial charge is 0.128 e. The molecule has 0 atom stereocenters. The number of benzene rings is 2. The first-order valence-electron chi connectivity index (χ1n) is 6.33. The van der Waals surface area contributed by atoms with Crippen molar-refractivity contribution in [1.82, 2.24) is 4.98 Å². The fourth-order valence-electron chi connectivity index (χ4n) is 2.34. The van der Waals surface area contributed by atoms with Gasteiger partial charge in [0.1, 0.15) is 5.75 Å². The van der Waals surface area contributed by atoms with Gasteiger partial charge >= 0.3 is 0 Å². The van der Waals surface area contributed by atoms with Gasteiger partial charge in [0.2, 0.25) is 0 Å². The number of ether oxygens (including phenoxy) is 1. The van der Waals surface area contributed by atoms with E-state index in [0.29, 0.717) is 0 Å². The van der Waals surface area contributed by atoms with E-state index < -0.39 is 0 Å². The van der Waals surface area contributed by atoms with Crippen molar-refractivity contribution in [1.29, 1.82) is 0 Å². The van der Waals surface area contributed by atoms with E-state index in [2.05, 4.69) is 41.4 Å². The number of rotatable bonds is 3. The van der Waals surface area contributed by atoms with Gasteiger partial charge in [-0.3, -0.25) is 4.98 Å². The summed E-state index contributed by atoms with van der Waals surface area (Å²) in [6.45, 7) is 0. The van der Waals surface area contributed by atoms with Gasteiger partial charge in [0.25, 0.3) is 0 Å². The van der Waals surface area contributed by atoms with Crippen molar-refractivity contribution in [3.63, 3.8) is 0 Å². The molecule has 3 aromatic rings. The van der Waals surface area contributed by atoms with E-state index in [9.17, 15) is 0 Å². The summed E-state index contributed by atoms with van der Waals surface area (Å²) in [6, 6.07) is 18.5. The van der Waals surface area contributed by atoms with Crippen LogP contribution in [0, 0.1) is 0 Å². The van der Waals surface area contributed by atoms with Crippen LogP contribution in [0.3, 0.4) is 0 Å². The SMILES string of the molecule is COc1ccc(Cc2ccccc2)c2ncccc12. The third-order valence-corrected chi connectivity index (χ3v) is 3.27. The van der Waals surface area contributed by atoms with Crippen LogP contribution in [0.5, 0.6) is 5.75 Å². The Labute approximate surface area is 112 Å². The van der Waals surface area contributed by atoms with Gasteiger partial charge in [-0.2, -0.15) is 0 Å². The van der Waals surface area contributed by atoms with E-state index in [1.807, 2.05) is 24.4 Å². The molecule has 19 heavy (non-hydrogen) atoms. The fraction of sp³-hybridized carbons (Fsp3) is 0.118. The van der Waals surface area contributed by atoms with E-state index in [0.717, 1.165) is 23.1 Å². The van der Waals surface area contributed by atoms with E-state index in [1.165, 1.54) is 11.1 Å². The maximum Gasteiger partial charge on any atom is 0.128 e. The lowest BCUT2D eigenvalue weighted by atomic mass is 10.0. The second-order valence-corrected chi connectivity index (χ2v) is 4.49. The molecule has 0 aliphatic rings. The highest BCUT2D eigenvalue weighted by molar-refractivity contribution is 5.87. The second-order valence-electron chi connectivity index (χ2n) is 4.49. The zero-order chi connectivity index (χ0) is 13.1. The largest absolute Gasteiger partial charge is 0.496 e. The van der Waals surface area contributed by atoms with Crippen LogP contribution in [-0.4, -0.2) is 12.1 Å². The minimum atomic E-state index is 0.875. The third kappa shape index (κ3) is 2.29. The molecule has 0 fully saturated rings. The summed E-state index contributed by atoms with van der Waals surface area (Å²) >= 11 is 0. The molecule has 0 spiro atoms. The Balaban J connectivity index is 2.10. The van der Waals surface area contributed by atoms with E-state index in [4.69, 9.17) is 4.74 Å². The van der Waals surface area contributed by atoms with E-state index in [-0.39, 0.29) is 0 Å². The molecule has 0 bridgehead atoms. The number of nitrogens with zero attached hydrogens (tertiary/aromatic N) is 1. The summed E-state index contributed by atoms with van der Waals surface area (Å²) in [7, 11) is 1.69. The van der Waals surface area contributed by atoms with Crippen molar-refractivity contribution in [2.45, 2.75) is 6.42 Å². The maximum atomic E-state index is 5.39. The molecule has 1 aromatic heterocycles. The molecule has 0 amide bonds. The van der Waals surface area contributed by atoms with Gasteiger partial charge in [-0.1, -0.05) is 36.4 Å². The molecule has 0 N–H and O–H groups in total. The molecule has 0 unspecified atom stereocenters. The van der Waals surface area contributed by atoms with Crippen LogP contribution >= 0.6 is 0 Å². The van der Waals surface area contributed by atoms with Crippen LogP contribution in [-0.2, 0) is 6.42 Å². The standard InChI is InChI=1S/C17H15NO/c1-19-16-10-9-14(12-13-6-3-2-4-7-13)17-15(16)8-5-11-18-17/h2-11H,12H2,1H3. The van der Waals surface area contributed by atoms with Crippen molar-refractivity contribution in [2.24, 2.45) is 0 Å². The average molecular weight is 249 g/mol. The zero-order valence-corrected chi connectivity index (χ0v) is 10.8. The lowest BCUT2D eigenvalue weighted by Gasteiger charge is -2.09. The van der Waals surface area contributed by atoms with Crippen LogP contribution in [0.2, 0.25) is 0 Å². The van der Waals surface area contributed by atoms with Gasteiger partial charge in [-0.25, -0.2) is 0 Å². The molecule has 0 aliphatic carbocycles. The van der Waals surface area contributed by atoms with Gasteiger partial charge in [0.05, 0.1) is 12.6 Å². The van der Waals surface area contributed by atoms with Crippen molar-refractivity contribution in [2.75, 3.05) is 7.11 Å². The summed E-state index contributed by atoms with van der Waals surface area (Å²) in [6.07, 6.45) is 2.72. The first-order chi connectivity index (χ1) is 9.38. The Hall–Kier alpha value is -2.35. The van der Waals surface area contributed by atoms with Gasteiger partial charge in [-0.05, 0) is 35.7 Å². The van der Waals surface area contributed by atoms with Crippen molar-refractivity contribution in [3.8, 4) is 5.75 Å². The lowest BCUT2D eigenvalue weighted by Crippen LogP contribution is -1.94. The minimum absolute atomic E-state index is 0.875. The highest BCUT2D eigenvalue weighted by atomic mass is 16.5. The number of methoxy groups -OCH3 is 1. The third-order valence-electron chi connectivity index (χ3n) is 3.27. The molecule has 0 aliphatic heterocycles. The molecular formula is C17H15NO. The molecule has 2 aromatic carbocycles. The van der Waals surface area contributed by atoms with Crippen LogP contribution < -0.4 is 4.74 Å². The van der Waals surface area contributed by atoms with Crippen molar-refractivity contribution < 1.29 is 4.74 Å². The topological polar surface area (TPSA) is 22.1 Å². The molecule has 0 radical (unpaired) electrons. The molecule has 94 valence electrons. The average Bonchev–Trinajstić information content (AvgIpc) is 2.49. The highest BCUT2D eigenvalue weighted by Gasteiger charge is 2.07. The Bertz CT molecular complexity index is 692. The van der Waals surface area contributed by atoms with Gasteiger partial charge in [-0.15, -0.1) is 0 Å². The molecule has 2 nitrogen and oxygen atoms in total. The summed E-state index contributed by atoms with van der Waals surface area (Å²) in [5, 5.41) is 1.07. The Morgan fingerprint density at radius 3 is 2.58 bits per heavy atom. The summed E-state index contributed by atoms with van der Waals surface area (Å²) in [5.74, 6) is 0.875. The van der Waals surface area contributed by atoms with Crippen LogP contribution in [0.1, 0.15) is 11.1 Å². The molecule has 2 heteroatoms. The summed E-state index contributed by atoms with van der Waals surface area (Å²) < 4.78 is 5.39. The predicted octanol–water partition coefficient (Wildman–Crippen LogP) is 3.83. The molecule has 0 saturated heterocycles. The zero-order valence-electron chi connectivity index (χ0n) is 10.8. The highest BCUT2D eigenvalue weighted by Crippen LogP contribution is 2.27. The predicted molar refractivity (Wildman–Crippen MR) is 77.5 cm³/mol. The Kier molecular flexibility index (Phi) is 3.15. The number of aromatic nitrogens is 1. The monoisotopic (exact) mass is 249 g/mol. The normalized spacial score (nSPS) is 10.6. The van der Waals surface area contributed by atoms with Crippen LogP contribution in [0.25, 0.3) is 10.9 Å². The van der Waals surface area contributed by atoms with Crippen molar-refractivity contribution >= 4 is 10.9 Å². The van der Waals surface area contributed by atoms with E-state index >= 15 is 0 Å². The van der Waals surface area contributed by atoms with Crippen LogP contribution in [0.15, 0.2) is 60.8 Å². The lowest BCUT2D eigenvalue weighted by molar-refractivity contribution is 0.419. The van der Waals surface area contributed by atoms with Gasteiger partial charge in [0.15, 0.2) is 0 Å². The van der Waals surface area contributed by atoms with Crippen LogP contribution in [0.4, 0.5) is 0 Å². The second kappa shape index (κ2) is 5.11. The fourth-order valence-corrected chi connectivity index (χ4v) is 2.34. The molecule has 0 saturated carbocycles. The first-order valence-corrected chi connectivity index (χ1v) is 6.33. The van der Waals surface area contributed by atoms with Crippen molar-refractivity contribution in [3.05, 3.63) is 71.9 Å². The van der Waals surface area contributed by atoms with Gasteiger partial charge in [0, 0.05) is 11.6 Å². The molecule has 1 heterocycles. The first kappa shape index (κ1) is 11.7. The van der Waals surface area contributed by atoms with E-state index in [1.54, 1.807) is 7.11 Å². The number of hydrogen-bond acceptors (Lipinski definition) is 2. The minimum Gasteiger partial charge on any atom is -0.496 e. The summed E-state index contributed by atoms with van der Waals surface area (Å²) in [4.78, 5) is 4.51. The number of fused-ring (bicyclic) bond motifs is 1. The van der Waals surface area contributed by atoms with Gasteiger partial charge < -0.3 is 4.74 Å². The quantitative estimate of drug-likeness (QED) is 0.703. The Morgan fingerprint density at radius 1 is 0.947 bits per heavy atom. The molecule has 3 rings (SSSR count). The number of hydrogen-bond donors (Lipinski definition) is 0. The molecular weight excluding hydrogens is 234 g/mol. The summed E-state index contributed by atoms with van der Waals surface area (Å²) in [5.41, 5.74) is 3.54.